The molecule has 7 rings (SSSR count). The molecule has 5 saturated carbocycles. The van der Waals surface area contributed by atoms with Crippen molar-refractivity contribution >= 4 is 27.5 Å². The third kappa shape index (κ3) is 6.36. The van der Waals surface area contributed by atoms with E-state index in [2.05, 4.69) is 17.4 Å². The summed E-state index contributed by atoms with van der Waals surface area (Å²) in [4.78, 5) is 28.9. The molecule has 4 bridgehead atoms. The number of benzene rings is 2. The molecule has 5 aliphatic rings. The molecular weight excluding hydrogens is 558 g/mol. The Morgan fingerprint density at radius 3 is 2.07 bits per heavy atom. The molecule has 0 unspecified atom stereocenters. The first-order chi connectivity index (χ1) is 20.5. The quantitative estimate of drug-likeness (QED) is 0.376. The van der Waals surface area contributed by atoms with Gasteiger partial charge in [0.05, 0.1) is 11.9 Å². The fourth-order valence-electron chi connectivity index (χ4n) is 9.00. The van der Waals surface area contributed by atoms with Crippen LogP contribution >= 0.6 is 0 Å². The Labute approximate surface area is 257 Å². The van der Waals surface area contributed by atoms with Crippen LogP contribution in [0.4, 0.5) is 5.69 Å². The lowest BCUT2D eigenvalue weighted by Gasteiger charge is -2.57. The highest BCUT2D eigenvalue weighted by Crippen LogP contribution is 2.60. The Bertz CT molecular complexity index is 1410. The molecule has 7 nitrogen and oxygen atoms in total. The number of aryl methyl sites for hydroxylation is 1. The highest BCUT2D eigenvalue weighted by atomic mass is 32.2. The van der Waals surface area contributed by atoms with E-state index in [4.69, 9.17) is 0 Å². The minimum Gasteiger partial charge on any atom is -0.352 e. The molecule has 43 heavy (non-hydrogen) atoms. The van der Waals surface area contributed by atoms with Crippen LogP contribution in [-0.2, 0) is 31.6 Å². The van der Waals surface area contributed by atoms with Gasteiger partial charge in [-0.05, 0) is 117 Å². The first-order valence-corrected chi connectivity index (χ1v) is 18.1. The summed E-state index contributed by atoms with van der Waals surface area (Å²) in [6, 6.07) is 15.2. The first-order valence-electron chi connectivity index (χ1n) is 16.2. The molecule has 0 heterocycles. The van der Waals surface area contributed by atoms with E-state index >= 15 is 0 Å². The van der Waals surface area contributed by atoms with Crippen LogP contribution in [0.3, 0.4) is 0 Å². The van der Waals surface area contributed by atoms with E-state index in [1.54, 1.807) is 6.92 Å². The number of hydrogen-bond donors (Lipinski definition) is 1. The van der Waals surface area contributed by atoms with Gasteiger partial charge in [-0.25, -0.2) is 8.42 Å². The smallest absolute Gasteiger partial charge is 0.244 e. The topological polar surface area (TPSA) is 86.8 Å². The molecule has 8 heteroatoms. The lowest BCUT2D eigenvalue weighted by molar-refractivity contribution is -0.139. The van der Waals surface area contributed by atoms with Crippen molar-refractivity contribution in [3.05, 3.63) is 65.2 Å². The van der Waals surface area contributed by atoms with Crippen molar-refractivity contribution in [2.24, 2.45) is 17.8 Å². The van der Waals surface area contributed by atoms with Gasteiger partial charge in [-0.3, -0.25) is 13.9 Å². The number of rotatable bonds is 10. The summed E-state index contributed by atoms with van der Waals surface area (Å²) in [5.74, 6) is 1.88. The van der Waals surface area contributed by atoms with Crippen LogP contribution in [-0.4, -0.2) is 50.0 Å². The number of carbonyl (C=O) groups is 2. The van der Waals surface area contributed by atoms with E-state index in [9.17, 15) is 18.0 Å². The summed E-state index contributed by atoms with van der Waals surface area (Å²) in [6.45, 7) is 3.59. The number of sulfonamides is 1. The van der Waals surface area contributed by atoms with Gasteiger partial charge >= 0.3 is 0 Å². The molecule has 0 saturated heterocycles. The van der Waals surface area contributed by atoms with E-state index in [0.29, 0.717) is 5.69 Å². The Balaban J connectivity index is 1.23. The number of amides is 2. The zero-order valence-corrected chi connectivity index (χ0v) is 26.7. The van der Waals surface area contributed by atoms with E-state index in [1.165, 1.54) is 53.3 Å². The normalized spacial score (nSPS) is 27.2. The standard InChI is InChI=1S/C35H47N3O4S/c1-24-8-4-5-9-29(24)22-37(25(2)34(40)36-31-10-6-7-11-31)33(39)23-38(43(3,41)42)32-14-12-30(13-15-32)35-19-26-16-27(20-35)18-28(17-26)21-35/h4-5,8-9,12-15,25-28,31H,6-7,10-11,16-23H2,1-3H3,(H,36,40)/t25-,26?,27?,28?,35?/m1/s1. The predicted molar refractivity (Wildman–Crippen MR) is 170 cm³/mol. The van der Waals surface area contributed by atoms with Crippen molar-refractivity contribution in [1.29, 1.82) is 0 Å². The van der Waals surface area contributed by atoms with Gasteiger partial charge in [0.2, 0.25) is 21.8 Å². The van der Waals surface area contributed by atoms with Crippen molar-refractivity contribution in [3.63, 3.8) is 0 Å². The number of anilines is 1. The molecule has 0 aliphatic heterocycles. The van der Waals surface area contributed by atoms with E-state index in [0.717, 1.165) is 60.8 Å². The van der Waals surface area contributed by atoms with Gasteiger partial charge in [0, 0.05) is 12.6 Å². The second-order valence-corrected chi connectivity index (χ2v) is 16.0. The Morgan fingerprint density at radius 2 is 1.51 bits per heavy atom. The highest BCUT2D eigenvalue weighted by Gasteiger charge is 2.51. The highest BCUT2D eigenvalue weighted by molar-refractivity contribution is 7.92. The fraction of sp³-hybridized carbons (Fsp3) is 0.600. The average molecular weight is 606 g/mol. The molecule has 0 aromatic heterocycles. The predicted octanol–water partition coefficient (Wildman–Crippen LogP) is 5.70. The molecule has 2 aromatic carbocycles. The molecule has 2 amide bonds. The van der Waals surface area contributed by atoms with Crippen LogP contribution in [0.25, 0.3) is 0 Å². The zero-order valence-electron chi connectivity index (χ0n) is 25.9. The second-order valence-electron chi connectivity index (χ2n) is 14.1. The summed E-state index contributed by atoms with van der Waals surface area (Å²) in [7, 11) is -3.76. The molecule has 1 atom stereocenters. The van der Waals surface area contributed by atoms with Gasteiger partial charge in [0.1, 0.15) is 12.6 Å². The van der Waals surface area contributed by atoms with Gasteiger partial charge in [0.15, 0.2) is 0 Å². The SMILES string of the molecule is Cc1ccccc1CN(C(=O)CN(c1ccc(C23CC4CC(CC(C4)C2)C3)cc1)S(C)(=O)=O)[C@H](C)C(=O)NC1CCCC1. The number of carbonyl (C=O) groups excluding carboxylic acids is 2. The molecule has 0 radical (unpaired) electrons. The Kier molecular flexibility index (Phi) is 8.35. The maximum Gasteiger partial charge on any atom is 0.244 e. The van der Waals surface area contributed by atoms with Crippen LogP contribution in [0.2, 0.25) is 0 Å². The molecular formula is C35H47N3O4S. The van der Waals surface area contributed by atoms with E-state index < -0.39 is 22.0 Å². The van der Waals surface area contributed by atoms with E-state index in [1.807, 2.05) is 43.3 Å². The van der Waals surface area contributed by atoms with Gasteiger partial charge in [0.25, 0.3) is 0 Å². The van der Waals surface area contributed by atoms with Crippen LogP contribution in [0, 0.1) is 24.7 Å². The first kappa shape index (κ1) is 30.2. The van der Waals surface area contributed by atoms with Crippen LogP contribution in [0.1, 0.15) is 87.8 Å². The Hall–Kier alpha value is -2.87. The Morgan fingerprint density at radius 1 is 0.930 bits per heavy atom. The van der Waals surface area contributed by atoms with Crippen molar-refractivity contribution in [3.8, 4) is 0 Å². The van der Waals surface area contributed by atoms with Crippen LogP contribution < -0.4 is 9.62 Å². The monoisotopic (exact) mass is 605 g/mol. The van der Waals surface area contributed by atoms with Crippen molar-refractivity contribution in [1.82, 2.24) is 10.2 Å². The second kappa shape index (κ2) is 11.9. The zero-order chi connectivity index (χ0) is 30.4. The summed E-state index contributed by atoms with van der Waals surface area (Å²) in [5.41, 5.74) is 3.97. The molecule has 5 aliphatic carbocycles. The molecule has 0 spiro atoms. The van der Waals surface area contributed by atoms with Crippen LogP contribution in [0.15, 0.2) is 48.5 Å². The lowest BCUT2D eigenvalue weighted by Crippen LogP contribution is -2.52. The minimum atomic E-state index is -3.76. The summed E-state index contributed by atoms with van der Waals surface area (Å²) >= 11 is 0. The number of nitrogens with one attached hydrogen (secondary N) is 1. The average Bonchev–Trinajstić information content (AvgIpc) is 3.47. The molecule has 1 N–H and O–H groups in total. The third-order valence-corrected chi connectivity index (χ3v) is 12.1. The molecule has 2 aromatic rings. The van der Waals surface area contributed by atoms with Gasteiger partial charge < -0.3 is 10.2 Å². The number of hydrogen-bond acceptors (Lipinski definition) is 4. The summed E-state index contributed by atoms with van der Waals surface area (Å²) in [5, 5.41) is 3.13. The maximum atomic E-state index is 14.0. The van der Waals surface area contributed by atoms with Crippen molar-refractivity contribution in [2.75, 3.05) is 17.1 Å². The van der Waals surface area contributed by atoms with Gasteiger partial charge in [-0.1, -0.05) is 49.2 Å². The fourth-order valence-corrected chi connectivity index (χ4v) is 9.85. The summed E-state index contributed by atoms with van der Waals surface area (Å²) < 4.78 is 27.4. The minimum absolute atomic E-state index is 0.130. The summed E-state index contributed by atoms with van der Waals surface area (Å²) in [6.07, 6.45) is 13.1. The van der Waals surface area contributed by atoms with Gasteiger partial charge in [-0.15, -0.1) is 0 Å². The number of nitrogens with zero attached hydrogens (tertiary/aromatic N) is 2. The lowest BCUT2D eigenvalue weighted by atomic mass is 9.48. The molecule has 232 valence electrons. The van der Waals surface area contributed by atoms with Crippen molar-refractivity contribution in [2.45, 2.75) is 102 Å². The maximum absolute atomic E-state index is 14.0. The molecule has 5 fully saturated rings. The van der Waals surface area contributed by atoms with Crippen LogP contribution in [0.5, 0.6) is 0 Å². The van der Waals surface area contributed by atoms with E-state index in [-0.39, 0.29) is 30.5 Å². The third-order valence-electron chi connectivity index (χ3n) is 11.0. The van der Waals surface area contributed by atoms with Crippen molar-refractivity contribution < 1.29 is 18.0 Å². The van der Waals surface area contributed by atoms with Gasteiger partial charge in [-0.2, -0.15) is 0 Å². The largest absolute Gasteiger partial charge is 0.352 e.